The normalized spacial score (nSPS) is 11.2. The summed E-state index contributed by atoms with van der Waals surface area (Å²) in [5.41, 5.74) is 2.82. The van der Waals surface area contributed by atoms with Crippen LogP contribution in [0.2, 0.25) is 0 Å². The Morgan fingerprint density at radius 2 is 2.04 bits per heavy atom. The molecule has 4 aromatic rings. The predicted molar refractivity (Wildman–Crippen MR) is 94.6 cm³/mol. The lowest BCUT2D eigenvalue weighted by molar-refractivity contribution is 0.414. The standard InChI is InChI=1S/C16H12IN5O/c1-23-12-8-11-6-10(2-3-13(11)18-9-12)7-16-20-19-15-5-4-14(17)21-22(15)16/h2-6,8-9H,7H2,1H3. The number of hydrogen-bond donors (Lipinski definition) is 0. The Hall–Kier alpha value is -2.29. The van der Waals surface area contributed by atoms with Crippen molar-refractivity contribution in [3.05, 3.63) is 57.7 Å². The van der Waals surface area contributed by atoms with Crippen LogP contribution in [0.1, 0.15) is 11.4 Å². The number of rotatable bonds is 3. The van der Waals surface area contributed by atoms with Crippen LogP contribution in [-0.2, 0) is 6.42 Å². The molecule has 6 nitrogen and oxygen atoms in total. The molecule has 0 saturated heterocycles. The minimum atomic E-state index is 0.654. The van der Waals surface area contributed by atoms with Crippen molar-refractivity contribution >= 4 is 39.1 Å². The van der Waals surface area contributed by atoms with Gasteiger partial charge in [0.25, 0.3) is 0 Å². The van der Waals surface area contributed by atoms with Crippen molar-refractivity contribution in [2.24, 2.45) is 0 Å². The van der Waals surface area contributed by atoms with E-state index in [2.05, 4.69) is 55.0 Å². The van der Waals surface area contributed by atoms with Crippen LogP contribution in [-0.4, -0.2) is 31.9 Å². The Morgan fingerprint density at radius 3 is 2.91 bits per heavy atom. The fourth-order valence-electron chi connectivity index (χ4n) is 2.49. The minimum Gasteiger partial charge on any atom is -0.495 e. The van der Waals surface area contributed by atoms with Crippen LogP contribution in [0.15, 0.2) is 42.6 Å². The van der Waals surface area contributed by atoms with Crippen molar-refractivity contribution in [1.82, 2.24) is 24.8 Å². The molecule has 0 amide bonds. The third-order valence-electron chi connectivity index (χ3n) is 3.61. The van der Waals surface area contributed by atoms with Gasteiger partial charge in [-0.1, -0.05) is 6.07 Å². The number of hydrogen-bond acceptors (Lipinski definition) is 5. The molecule has 0 aliphatic heterocycles. The molecule has 7 heteroatoms. The van der Waals surface area contributed by atoms with Gasteiger partial charge in [-0.05, 0) is 58.5 Å². The number of halogens is 1. The summed E-state index contributed by atoms with van der Waals surface area (Å²) in [6.07, 6.45) is 2.38. The van der Waals surface area contributed by atoms with Gasteiger partial charge in [0, 0.05) is 11.8 Å². The molecule has 0 aliphatic carbocycles. The van der Waals surface area contributed by atoms with Crippen molar-refractivity contribution in [2.75, 3.05) is 7.11 Å². The fraction of sp³-hybridized carbons (Fsp3) is 0.125. The van der Waals surface area contributed by atoms with Crippen LogP contribution in [0.3, 0.4) is 0 Å². The van der Waals surface area contributed by atoms with Crippen molar-refractivity contribution in [2.45, 2.75) is 6.42 Å². The summed E-state index contributed by atoms with van der Waals surface area (Å²) in [5.74, 6) is 1.56. The van der Waals surface area contributed by atoms with E-state index in [-0.39, 0.29) is 0 Å². The van der Waals surface area contributed by atoms with E-state index in [0.29, 0.717) is 6.42 Å². The molecule has 0 spiro atoms. The van der Waals surface area contributed by atoms with Crippen LogP contribution in [0, 0.1) is 3.70 Å². The first-order chi connectivity index (χ1) is 11.2. The second-order valence-electron chi connectivity index (χ2n) is 5.12. The number of benzene rings is 1. The number of fused-ring (bicyclic) bond motifs is 2. The first kappa shape index (κ1) is 14.3. The van der Waals surface area contributed by atoms with Crippen molar-refractivity contribution in [3.63, 3.8) is 0 Å². The van der Waals surface area contributed by atoms with E-state index in [0.717, 1.165) is 37.4 Å². The van der Waals surface area contributed by atoms with E-state index < -0.39 is 0 Å². The summed E-state index contributed by atoms with van der Waals surface area (Å²) in [7, 11) is 1.64. The number of ether oxygens (including phenoxy) is 1. The summed E-state index contributed by atoms with van der Waals surface area (Å²) >= 11 is 2.18. The highest BCUT2D eigenvalue weighted by atomic mass is 127. The highest BCUT2D eigenvalue weighted by molar-refractivity contribution is 14.1. The summed E-state index contributed by atoms with van der Waals surface area (Å²) < 4.78 is 7.93. The monoisotopic (exact) mass is 417 g/mol. The Balaban J connectivity index is 1.75. The molecule has 23 heavy (non-hydrogen) atoms. The zero-order valence-corrected chi connectivity index (χ0v) is 14.4. The highest BCUT2D eigenvalue weighted by Crippen LogP contribution is 2.20. The average molecular weight is 417 g/mol. The maximum Gasteiger partial charge on any atom is 0.177 e. The van der Waals surface area contributed by atoms with E-state index in [4.69, 9.17) is 4.74 Å². The number of pyridine rings is 1. The molecule has 114 valence electrons. The number of aromatic nitrogens is 5. The quantitative estimate of drug-likeness (QED) is 0.480. The Kier molecular flexibility index (Phi) is 3.56. The average Bonchev–Trinajstić information content (AvgIpc) is 2.96. The summed E-state index contributed by atoms with van der Waals surface area (Å²) in [6.45, 7) is 0. The van der Waals surface area contributed by atoms with E-state index in [1.807, 2.05) is 24.3 Å². The largest absolute Gasteiger partial charge is 0.495 e. The molecule has 0 aliphatic rings. The Bertz CT molecular complexity index is 1010. The van der Waals surface area contributed by atoms with Crippen molar-refractivity contribution < 1.29 is 4.74 Å². The molecule has 0 N–H and O–H groups in total. The van der Waals surface area contributed by atoms with Gasteiger partial charge >= 0.3 is 0 Å². The molecule has 0 bridgehead atoms. The molecule has 0 saturated carbocycles. The Labute approximate surface area is 145 Å². The zero-order chi connectivity index (χ0) is 15.8. The van der Waals surface area contributed by atoms with Gasteiger partial charge in [-0.3, -0.25) is 4.98 Å². The van der Waals surface area contributed by atoms with Crippen molar-refractivity contribution in [3.8, 4) is 5.75 Å². The molecular formula is C16H12IN5O. The van der Waals surface area contributed by atoms with Gasteiger partial charge in [0.05, 0.1) is 18.8 Å². The maximum absolute atomic E-state index is 5.24. The van der Waals surface area contributed by atoms with Gasteiger partial charge in [0.1, 0.15) is 9.45 Å². The summed E-state index contributed by atoms with van der Waals surface area (Å²) in [4.78, 5) is 4.38. The van der Waals surface area contributed by atoms with Gasteiger partial charge in [-0.2, -0.15) is 9.61 Å². The van der Waals surface area contributed by atoms with Gasteiger partial charge < -0.3 is 4.74 Å². The lowest BCUT2D eigenvalue weighted by Gasteiger charge is -2.05. The summed E-state index contributed by atoms with van der Waals surface area (Å²) in [6, 6.07) is 12.0. The Morgan fingerprint density at radius 1 is 1.13 bits per heavy atom. The molecule has 0 fully saturated rings. The fourth-order valence-corrected chi connectivity index (χ4v) is 2.88. The smallest absolute Gasteiger partial charge is 0.177 e. The van der Waals surface area contributed by atoms with E-state index in [9.17, 15) is 0 Å². The second kappa shape index (κ2) is 5.73. The van der Waals surface area contributed by atoms with Gasteiger partial charge in [-0.25, -0.2) is 0 Å². The van der Waals surface area contributed by atoms with Gasteiger partial charge in [0.15, 0.2) is 11.5 Å². The third kappa shape index (κ3) is 2.72. The SMILES string of the molecule is COc1cnc2ccc(Cc3nnc4ccc(I)nn34)cc2c1. The lowest BCUT2D eigenvalue weighted by Crippen LogP contribution is -2.01. The maximum atomic E-state index is 5.24. The van der Waals surface area contributed by atoms with Crippen molar-refractivity contribution in [1.29, 1.82) is 0 Å². The molecule has 1 aromatic carbocycles. The molecule has 3 aromatic heterocycles. The van der Waals surface area contributed by atoms with E-state index in [1.54, 1.807) is 17.8 Å². The first-order valence-electron chi connectivity index (χ1n) is 7.02. The number of methoxy groups -OCH3 is 1. The molecule has 4 rings (SSSR count). The third-order valence-corrected chi connectivity index (χ3v) is 4.19. The molecule has 0 radical (unpaired) electrons. The predicted octanol–water partition coefficient (Wildman–Crippen LogP) is 2.88. The van der Waals surface area contributed by atoms with Crippen LogP contribution >= 0.6 is 22.6 Å². The number of nitrogens with zero attached hydrogens (tertiary/aromatic N) is 5. The molecule has 0 unspecified atom stereocenters. The van der Waals surface area contributed by atoms with Crippen LogP contribution in [0.4, 0.5) is 0 Å². The first-order valence-corrected chi connectivity index (χ1v) is 8.10. The second-order valence-corrected chi connectivity index (χ2v) is 6.23. The van der Waals surface area contributed by atoms with E-state index in [1.165, 1.54) is 0 Å². The van der Waals surface area contributed by atoms with Gasteiger partial charge in [0.2, 0.25) is 0 Å². The topological polar surface area (TPSA) is 65.2 Å². The van der Waals surface area contributed by atoms with Gasteiger partial charge in [-0.15, -0.1) is 10.2 Å². The molecule has 3 heterocycles. The van der Waals surface area contributed by atoms with Crippen LogP contribution in [0.5, 0.6) is 5.75 Å². The lowest BCUT2D eigenvalue weighted by atomic mass is 10.1. The van der Waals surface area contributed by atoms with Crippen LogP contribution in [0.25, 0.3) is 16.6 Å². The molecule has 0 atom stereocenters. The zero-order valence-electron chi connectivity index (χ0n) is 12.3. The van der Waals surface area contributed by atoms with Crippen LogP contribution < -0.4 is 4.74 Å². The highest BCUT2D eigenvalue weighted by Gasteiger charge is 2.09. The minimum absolute atomic E-state index is 0.654. The summed E-state index contributed by atoms with van der Waals surface area (Å²) in [5, 5.41) is 13.9. The molecular weight excluding hydrogens is 405 g/mol. The van der Waals surface area contributed by atoms with E-state index >= 15 is 0 Å².